The van der Waals surface area contributed by atoms with Gasteiger partial charge in [0.05, 0.1) is 18.8 Å². The Labute approximate surface area is 124 Å². The molecule has 21 heavy (non-hydrogen) atoms. The van der Waals surface area contributed by atoms with Gasteiger partial charge < -0.3 is 10.5 Å². The van der Waals surface area contributed by atoms with Gasteiger partial charge in [-0.25, -0.2) is 9.97 Å². The summed E-state index contributed by atoms with van der Waals surface area (Å²) in [5.41, 5.74) is 8.13. The first kappa shape index (κ1) is 13.8. The summed E-state index contributed by atoms with van der Waals surface area (Å²) in [6.45, 7) is 3.88. The third-order valence-corrected chi connectivity index (χ3v) is 3.89. The van der Waals surface area contributed by atoms with Gasteiger partial charge >= 0.3 is 0 Å². The van der Waals surface area contributed by atoms with E-state index in [2.05, 4.69) is 27.0 Å². The van der Waals surface area contributed by atoms with E-state index in [1.165, 1.54) is 5.56 Å². The van der Waals surface area contributed by atoms with E-state index in [0.29, 0.717) is 11.9 Å². The topological polar surface area (TPSA) is 64.3 Å². The van der Waals surface area contributed by atoms with Crippen molar-refractivity contribution in [1.82, 2.24) is 14.9 Å². The van der Waals surface area contributed by atoms with Gasteiger partial charge in [0, 0.05) is 19.2 Å². The van der Waals surface area contributed by atoms with Crippen LogP contribution in [-0.2, 0) is 6.54 Å². The SMILES string of the molecule is COc1ccc(CN2CCC2c2cc(N)nc(C)n2)cc1. The Balaban J connectivity index is 1.71. The molecule has 1 aromatic heterocycles. The second-order valence-electron chi connectivity index (χ2n) is 5.39. The van der Waals surface area contributed by atoms with E-state index in [9.17, 15) is 0 Å². The number of likely N-dealkylation sites (tertiary alicyclic amines) is 1. The molecule has 1 aliphatic rings. The number of nitrogens with zero attached hydrogens (tertiary/aromatic N) is 3. The number of methoxy groups -OCH3 is 1. The number of benzene rings is 1. The summed E-state index contributed by atoms with van der Waals surface area (Å²) in [5, 5.41) is 0. The van der Waals surface area contributed by atoms with E-state index < -0.39 is 0 Å². The molecule has 1 fully saturated rings. The van der Waals surface area contributed by atoms with Gasteiger partial charge in [-0.2, -0.15) is 0 Å². The molecule has 0 spiro atoms. The van der Waals surface area contributed by atoms with E-state index in [1.807, 2.05) is 25.1 Å². The van der Waals surface area contributed by atoms with Gasteiger partial charge in [0.15, 0.2) is 0 Å². The predicted molar refractivity (Wildman–Crippen MR) is 81.9 cm³/mol. The number of hydrogen-bond acceptors (Lipinski definition) is 5. The van der Waals surface area contributed by atoms with Crippen molar-refractivity contribution in [1.29, 1.82) is 0 Å². The Hall–Kier alpha value is -2.14. The van der Waals surface area contributed by atoms with Crippen LogP contribution in [-0.4, -0.2) is 28.5 Å². The van der Waals surface area contributed by atoms with E-state index in [-0.39, 0.29) is 0 Å². The fourth-order valence-electron chi connectivity index (χ4n) is 2.72. The minimum atomic E-state index is 0.344. The lowest BCUT2D eigenvalue weighted by Crippen LogP contribution is -2.40. The Bertz CT molecular complexity index is 606. The lowest BCUT2D eigenvalue weighted by molar-refractivity contribution is 0.0785. The highest BCUT2D eigenvalue weighted by atomic mass is 16.5. The van der Waals surface area contributed by atoms with Crippen molar-refractivity contribution >= 4 is 5.82 Å². The minimum Gasteiger partial charge on any atom is -0.497 e. The smallest absolute Gasteiger partial charge is 0.127 e. The number of anilines is 1. The number of nitrogens with two attached hydrogens (primary N) is 1. The van der Waals surface area contributed by atoms with Gasteiger partial charge in [-0.15, -0.1) is 0 Å². The number of hydrogen-bond donors (Lipinski definition) is 1. The van der Waals surface area contributed by atoms with Crippen LogP contribution in [0.3, 0.4) is 0 Å². The van der Waals surface area contributed by atoms with Crippen molar-refractivity contribution in [3.8, 4) is 5.75 Å². The molecular formula is C16H20N4O. The average molecular weight is 284 g/mol. The summed E-state index contributed by atoms with van der Waals surface area (Å²) < 4.78 is 5.19. The van der Waals surface area contributed by atoms with Gasteiger partial charge in [-0.05, 0) is 31.0 Å². The number of rotatable bonds is 4. The molecule has 0 bridgehead atoms. The van der Waals surface area contributed by atoms with Crippen LogP contribution in [0.25, 0.3) is 0 Å². The number of nitrogen functional groups attached to an aromatic ring is 1. The highest BCUT2D eigenvalue weighted by molar-refractivity contribution is 5.32. The molecule has 1 aliphatic heterocycles. The average Bonchev–Trinajstić information content (AvgIpc) is 2.43. The first-order valence-electron chi connectivity index (χ1n) is 7.14. The first-order valence-corrected chi connectivity index (χ1v) is 7.14. The summed E-state index contributed by atoms with van der Waals surface area (Å²) in [6.07, 6.45) is 1.12. The highest BCUT2D eigenvalue weighted by Crippen LogP contribution is 2.34. The molecule has 1 saturated heterocycles. The van der Waals surface area contributed by atoms with Crippen LogP contribution in [0.1, 0.15) is 29.5 Å². The largest absolute Gasteiger partial charge is 0.497 e. The maximum absolute atomic E-state index is 5.82. The Morgan fingerprint density at radius 2 is 2.05 bits per heavy atom. The minimum absolute atomic E-state index is 0.344. The summed E-state index contributed by atoms with van der Waals surface area (Å²) in [6, 6.07) is 10.4. The van der Waals surface area contributed by atoms with Gasteiger partial charge in [-0.3, -0.25) is 4.90 Å². The van der Waals surface area contributed by atoms with Crippen LogP contribution in [0.4, 0.5) is 5.82 Å². The van der Waals surface area contributed by atoms with Crippen molar-refractivity contribution in [2.45, 2.75) is 25.9 Å². The monoisotopic (exact) mass is 284 g/mol. The van der Waals surface area contributed by atoms with Crippen LogP contribution in [0.2, 0.25) is 0 Å². The Morgan fingerprint density at radius 1 is 1.29 bits per heavy atom. The quantitative estimate of drug-likeness (QED) is 0.933. The molecule has 5 heteroatoms. The maximum atomic E-state index is 5.82. The zero-order chi connectivity index (χ0) is 14.8. The van der Waals surface area contributed by atoms with Crippen LogP contribution < -0.4 is 10.5 Å². The van der Waals surface area contributed by atoms with E-state index >= 15 is 0 Å². The molecule has 2 N–H and O–H groups in total. The van der Waals surface area contributed by atoms with E-state index in [0.717, 1.165) is 36.8 Å². The molecule has 1 unspecified atom stereocenters. The van der Waals surface area contributed by atoms with E-state index in [1.54, 1.807) is 7.11 Å². The fraction of sp³-hybridized carbons (Fsp3) is 0.375. The summed E-state index contributed by atoms with van der Waals surface area (Å²) in [5.74, 6) is 2.17. The van der Waals surface area contributed by atoms with Crippen molar-refractivity contribution < 1.29 is 4.74 Å². The molecule has 0 radical (unpaired) electrons. The number of aryl methyl sites for hydroxylation is 1. The van der Waals surface area contributed by atoms with Crippen LogP contribution >= 0.6 is 0 Å². The van der Waals surface area contributed by atoms with Crippen molar-refractivity contribution in [2.24, 2.45) is 0 Å². The third-order valence-electron chi connectivity index (χ3n) is 3.89. The molecule has 0 aliphatic carbocycles. The summed E-state index contributed by atoms with van der Waals surface area (Å²) in [4.78, 5) is 11.1. The Morgan fingerprint density at radius 3 is 2.62 bits per heavy atom. The molecule has 0 amide bonds. The van der Waals surface area contributed by atoms with Crippen LogP contribution in [0.15, 0.2) is 30.3 Å². The molecule has 1 aromatic carbocycles. The highest BCUT2D eigenvalue weighted by Gasteiger charge is 2.30. The van der Waals surface area contributed by atoms with Crippen LogP contribution in [0.5, 0.6) is 5.75 Å². The van der Waals surface area contributed by atoms with Gasteiger partial charge in [0.25, 0.3) is 0 Å². The number of ether oxygens (including phenoxy) is 1. The first-order chi connectivity index (χ1) is 10.2. The second kappa shape index (κ2) is 5.69. The molecule has 110 valence electrons. The van der Waals surface area contributed by atoms with Crippen molar-refractivity contribution in [2.75, 3.05) is 19.4 Å². The van der Waals surface area contributed by atoms with Crippen LogP contribution in [0, 0.1) is 6.92 Å². The van der Waals surface area contributed by atoms with Gasteiger partial charge in [0.2, 0.25) is 0 Å². The number of aromatic nitrogens is 2. The molecular weight excluding hydrogens is 264 g/mol. The Kier molecular flexibility index (Phi) is 3.75. The van der Waals surface area contributed by atoms with Crippen molar-refractivity contribution in [3.63, 3.8) is 0 Å². The van der Waals surface area contributed by atoms with Crippen molar-refractivity contribution in [3.05, 3.63) is 47.4 Å². The molecule has 2 aromatic rings. The normalized spacial score (nSPS) is 18.3. The lowest BCUT2D eigenvalue weighted by Gasteiger charge is -2.40. The summed E-state index contributed by atoms with van der Waals surface area (Å²) >= 11 is 0. The van der Waals surface area contributed by atoms with Gasteiger partial charge in [-0.1, -0.05) is 12.1 Å². The zero-order valence-corrected chi connectivity index (χ0v) is 12.4. The molecule has 2 heterocycles. The van der Waals surface area contributed by atoms with Gasteiger partial charge in [0.1, 0.15) is 17.4 Å². The molecule has 3 rings (SSSR count). The standard InChI is InChI=1S/C16H20N4O/c1-11-18-14(9-16(17)19-11)15-7-8-20(15)10-12-3-5-13(21-2)6-4-12/h3-6,9,15H,7-8,10H2,1-2H3,(H2,17,18,19). The second-order valence-corrected chi connectivity index (χ2v) is 5.39. The summed E-state index contributed by atoms with van der Waals surface area (Å²) in [7, 11) is 1.68. The molecule has 5 nitrogen and oxygen atoms in total. The predicted octanol–water partition coefficient (Wildman–Crippen LogP) is 2.32. The zero-order valence-electron chi connectivity index (χ0n) is 12.4. The maximum Gasteiger partial charge on any atom is 0.127 e. The lowest BCUT2D eigenvalue weighted by atomic mass is 9.98. The van der Waals surface area contributed by atoms with E-state index in [4.69, 9.17) is 10.5 Å². The fourth-order valence-corrected chi connectivity index (χ4v) is 2.72. The third kappa shape index (κ3) is 2.97. The molecule has 1 atom stereocenters. The molecule has 0 saturated carbocycles.